The van der Waals surface area contributed by atoms with Gasteiger partial charge in [0.2, 0.25) is 0 Å². The van der Waals surface area contributed by atoms with Gasteiger partial charge in [-0.15, -0.1) is 0 Å². The third kappa shape index (κ3) is 4.47. The van der Waals surface area contributed by atoms with Crippen molar-refractivity contribution >= 4 is 0 Å². The summed E-state index contributed by atoms with van der Waals surface area (Å²) in [6.45, 7) is -0.988. The first-order valence-corrected chi connectivity index (χ1v) is 4.34. The van der Waals surface area contributed by atoms with E-state index in [-0.39, 0.29) is 12.6 Å². The van der Waals surface area contributed by atoms with Crippen molar-refractivity contribution in [2.75, 3.05) is 20.3 Å². The molecule has 1 rings (SSSR count). The molecule has 2 nitrogen and oxygen atoms in total. The molecule has 1 aliphatic rings. The fraction of sp³-hybridized carbons (Fsp3) is 1.00. The van der Waals surface area contributed by atoms with Gasteiger partial charge in [-0.1, -0.05) is 0 Å². The summed E-state index contributed by atoms with van der Waals surface area (Å²) in [6.07, 6.45) is -2.01. The van der Waals surface area contributed by atoms with E-state index in [1.807, 2.05) is 0 Å². The third-order valence-electron chi connectivity index (χ3n) is 2.12. The number of hydrogen-bond donors (Lipinski definition) is 1. The molecule has 0 radical (unpaired) electrons. The van der Waals surface area contributed by atoms with Crippen molar-refractivity contribution in [2.45, 2.75) is 25.1 Å². The van der Waals surface area contributed by atoms with E-state index in [1.54, 1.807) is 7.05 Å². The number of halogens is 3. The molecule has 0 spiro atoms. The van der Waals surface area contributed by atoms with Gasteiger partial charge in [-0.2, -0.15) is 13.2 Å². The van der Waals surface area contributed by atoms with Crippen molar-refractivity contribution in [3.63, 3.8) is 0 Å². The summed E-state index contributed by atoms with van der Waals surface area (Å²) in [5.74, 6) is 0.512. The second kappa shape index (κ2) is 4.28. The Morgan fingerprint density at radius 3 is 2.46 bits per heavy atom. The Morgan fingerprint density at radius 1 is 1.46 bits per heavy atom. The molecule has 1 unspecified atom stereocenters. The highest BCUT2D eigenvalue weighted by Gasteiger charge is 2.32. The van der Waals surface area contributed by atoms with Crippen molar-refractivity contribution in [2.24, 2.45) is 5.92 Å². The number of ether oxygens (including phenoxy) is 1. The van der Waals surface area contributed by atoms with E-state index >= 15 is 0 Å². The molecule has 0 bridgehead atoms. The van der Waals surface area contributed by atoms with E-state index in [0.29, 0.717) is 5.92 Å². The average molecular weight is 197 g/mol. The van der Waals surface area contributed by atoms with Gasteiger partial charge in [-0.25, -0.2) is 0 Å². The quantitative estimate of drug-likeness (QED) is 0.722. The van der Waals surface area contributed by atoms with Gasteiger partial charge in [0.15, 0.2) is 0 Å². The highest BCUT2D eigenvalue weighted by molar-refractivity contribution is 4.85. The fourth-order valence-corrected chi connectivity index (χ4v) is 1.26. The molecule has 0 saturated heterocycles. The van der Waals surface area contributed by atoms with Gasteiger partial charge in [0.25, 0.3) is 0 Å². The number of alkyl halides is 3. The van der Waals surface area contributed by atoms with Gasteiger partial charge in [-0.05, 0) is 25.8 Å². The first-order valence-electron chi connectivity index (χ1n) is 4.34. The van der Waals surface area contributed by atoms with Crippen LogP contribution in [0.3, 0.4) is 0 Å². The topological polar surface area (TPSA) is 21.3 Å². The Kier molecular flexibility index (Phi) is 3.55. The Morgan fingerprint density at radius 2 is 2.08 bits per heavy atom. The van der Waals surface area contributed by atoms with E-state index in [2.05, 4.69) is 10.1 Å². The third-order valence-corrected chi connectivity index (χ3v) is 2.12. The van der Waals surface area contributed by atoms with Crippen LogP contribution in [0.4, 0.5) is 13.2 Å². The molecule has 78 valence electrons. The van der Waals surface area contributed by atoms with Gasteiger partial charge < -0.3 is 10.1 Å². The van der Waals surface area contributed by atoms with Gasteiger partial charge >= 0.3 is 6.18 Å². The van der Waals surface area contributed by atoms with E-state index in [0.717, 1.165) is 12.8 Å². The number of rotatable bonds is 5. The maximum Gasteiger partial charge on any atom is 0.411 e. The van der Waals surface area contributed by atoms with Gasteiger partial charge in [0.1, 0.15) is 6.61 Å². The summed E-state index contributed by atoms with van der Waals surface area (Å²) in [7, 11) is 1.75. The Balaban J connectivity index is 2.09. The lowest BCUT2D eigenvalue weighted by molar-refractivity contribution is -0.175. The molecule has 1 saturated carbocycles. The number of likely N-dealkylation sites (N-methyl/N-ethyl adjacent to an activating group) is 1. The van der Waals surface area contributed by atoms with Gasteiger partial charge in [-0.3, -0.25) is 0 Å². The summed E-state index contributed by atoms with van der Waals surface area (Å²) in [5.41, 5.74) is 0. The summed E-state index contributed by atoms with van der Waals surface area (Å²) >= 11 is 0. The second-order valence-electron chi connectivity index (χ2n) is 3.36. The second-order valence-corrected chi connectivity index (χ2v) is 3.36. The lowest BCUT2D eigenvalue weighted by Gasteiger charge is -2.16. The highest BCUT2D eigenvalue weighted by atomic mass is 19.4. The van der Waals surface area contributed by atoms with Crippen molar-refractivity contribution in [3.8, 4) is 0 Å². The monoisotopic (exact) mass is 197 g/mol. The molecule has 0 aromatic heterocycles. The SMILES string of the molecule is CNC(COCC(F)(F)F)C1CC1. The van der Waals surface area contributed by atoms with Crippen LogP contribution >= 0.6 is 0 Å². The van der Waals surface area contributed by atoms with Crippen LogP contribution in [0.15, 0.2) is 0 Å². The Bertz CT molecular complexity index is 156. The fourth-order valence-electron chi connectivity index (χ4n) is 1.26. The van der Waals surface area contributed by atoms with E-state index in [9.17, 15) is 13.2 Å². The minimum Gasteiger partial charge on any atom is -0.370 e. The smallest absolute Gasteiger partial charge is 0.370 e. The molecule has 1 fully saturated rings. The normalized spacial score (nSPS) is 20.3. The molecular formula is C8H14F3NO. The average Bonchev–Trinajstić information content (AvgIpc) is 2.78. The Labute approximate surface area is 75.4 Å². The van der Waals surface area contributed by atoms with Crippen LogP contribution in [0.5, 0.6) is 0 Å². The molecule has 0 aliphatic heterocycles. The lowest BCUT2D eigenvalue weighted by Crippen LogP contribution is -2.34. The zero-order valence-electron chi connectivity index (χ0n) is 7.53. The predicted molar refractivity (Wildman–Crippen MR) is 42.4 cm³/mol. The molecule has 0 amide bonds. The standard InChI is InChI=1S/C8H14F3NO/c1-12-7(6-2-3-6)4-13-5-8(9,10)11/h6-7,12H,2-5H2,1H3. The highest BCUT2D eigenvalue weighted by Crippen LogP contribution is 2.32. The molecule has 13 heavy (non-hydrogen) atoms. The molecule has 5 heteroatoms. The maximum atomic E-state index is 11.7. The molecule has 1 aliphatic carbocycles. The molecule has 1 atom stereocenters. The maximum absolute atomic E-state index is 11.7. The molecule has 0 aromatic rings. The summed E-state index contributed by atoms with van der Waals surface area (Å²) in [5, 5.41) is 2.96. The van der Waals surface area contributed by atoms with Crippen LogP contribution in [0.25, 0.3) is 0 Å². The largest absolute Gasteiger partial charge is 0.411 e. The minimum atomic E-state index is -4.21. The summed E-state index contributed by atoms with van der Waals surface area (Å²) in [6, 6.07) is 0.0855. The zero-order chi connectivity index (χ0) is 9.90. The molecule has 0 heterocycles. The predicted octanol–water partition coefficient (Wildman–Crippen LogP) is 1.56. The lowest BCUT2D eigenvalue weighted by atomic mass is 10.2. The van der Waals surface area contributed by atoms with Crippen LogP contribution in [0.1, 0.15) is 12.8 Å². The first-order chi connectivity index (χ1) is 6.03. The summed E-state index contributed by atoms with van der Waals surface area (Å²) < 4.78 is 39.6. The number of hydrogen-bond acceptors (Lipinski definition) is 2. The molecular weight excluding hydrogens is 183 g/mol. The van der Waals surface area contributed by atoms with Crippen LogP contribution in [0, 0.1) is 5.92 Å². The van der Waals surface area contributed by atoms with Gasteiger partial charge in [0, 0.05) is 6.04 Å². The van der Waals surface area contributed by atoms with Crippen molar-refractivity contribution in [1.82, 2.24) is 5.32 Å². The van der Waals surface area contributed by atoms with E-state index in [1.165, 1.54) is 0 Å². The van der Waals surface area contributed by atoms with Crippen molar-refractivity contribution in [3.05, 3.63) is 0 Å². The minimum absolute atomic E-state index is 0.0855. The van der Waals surface area contributed by atoms with Crippen molar-refractivity contribution < 1.29 is 17.9 Å². The van der Waals surface area contributed by atoms with Crippen LogP contribution in [-0.4, -0.2) is 32.5 Å². The Hall–Kier alpha value is -0.290. The van der Waals surface area contributed by atoms with Crippen LogP contribution in [0.2, 0.25) is 0 Å². The van der Waals surface area contributed by atoms with E-state index in [4.69, 9.17) is 0 Å². The summed E-state index contributed by atoms with van der Waals surface area (Å²) in [4.78, 5) is 0. The van der Waals surface area contributed by atoms with E-state index < -0.39 is 12.8 Å². The zero-order valence-corrected chi connectivity index (χ0v) is 7.53. The van der Waals surface area contributed by atoms with Crippen molar-refractivity contribution in [1.29, 1.82) is 0 Å². The molecule has 1 N–H and O–H groups in total. The number of nitrogens with one attached hydrogen (secondary N) is 1. The first kappa shape index (κ1) is 10.8. The molecule has 0 aromatic carbocycles. The van der Waals surface area contributed by atoms with Crippen LogP contribution in [-0.2, 0) is 4.74 Å². The van der Waals surface area contributed by atoms with Gasteiger partial charge in [0.05, 0.1) is 6.61 Å². The van der Waals surface area contributed by atoms with Crippen LogP contribution < -0.4 is 5.32 Å².